The van der Waals surface area contributed by atoms with E-state index in [0.29, 0.717) is 6.10 Å². The van der Waals surface area contributed by atoms with Gasteiger partial charge in [-0.1, -0.05) is 0 Å². The number of nitrogens with zero attached hydrogens (tertiary/aromatic N) is 1. The minimum absolute atomic E-state index is 0.581. The van der Waals surface area contributed by atoms with Crippen LogP contribution in [-0.2, 0) is 4.74 Å². The van der Waals surface area contributed by atoms with E-state index in [4.69, 9.17) is 4.74 Å². The molecule has 2 atom stereocenters. The van der Waals surface area contributed by atoms with Crippen molar-refractivity contribution in [2.24, 2.45) is 5.92 Å². The Bertz CT molecular complexity index is 255. The van der Waals surface area contributed by atoms with Crippen LogP contribution in [0.25, 0.3) is 0 Å². The highest BCUT2D eigenvalue weighted by molar-refractivity contribution is 4.86. The van der Waals surface area contributed by atoms with Crippen molar-refractivity contribution >= 4 is 0 Å². The van der Waals surface area contributed by atoms with Gasteiger partial charge in [0.05, 0.1) is 6.10 Å². The lowest BCUT2D eigenvalue weighted by Crippen LogP contribution is -2.39. The summed E-state index contributed by atoms with van der Waals surface area (Å²) in [6.45, 7) is 6.13. The summed E-state index contributed by atoms with van der Waals surface area (Å²) in [6.07, 6.45) is 11.5. The number of ether oxygens (including phenoxy) is 1. The lowest BCUT2D eigenvalue weighted by Gasteiger charge is -2.30. The molecule has 2 aliphatic heterocycles. The summed E-state index contributed by atoms with van der Waals surface area (Å²) in [4.78, 5) is 2.78. The van der Waals surface area contributed by atoms with Crippen molar-refractivity contribution in [2.75, 3.05) is 32.8 Å². The van der Waals surface area contributed by atoms with Crippen molar-refractivity contribution in [1.82, 2.24) is 10.2 Å². The molecule has 0 bridgehead atoms. The zero-order valence-electron chi connectivity index (χ0n) is 12.3. The van der Waals surface area contributed by atoms with E-state index in [0.717, 1.165) is 18.6 Å². The number of piperidine rings is 1. The van der Waals surface area contributed by atoms with Crippen LogP contribution in [0.2, 0.25) is 0 Å². The lowest BCUT2D eigenvalue weighted by atomic mass is 9.99. The molecule has 0 amide bonds. The highest BCUT2D eigenvalue weighted by Crippen LogP contribution is 2.29. The lowest BCUT2D eigenvalue weighted by molar-refractivity contribution is 0.0967. The molecule has 1 N–H and O–H groups in total. The van der Waals surface area contributed by atoms with Crippen LogP contribution in [-0.4, -0.2) is 49.8 Å². The fourth-order valence-electron chi connectivity index (χ4n) is 3.67. The van der Waals surface area contributed by atoms with Gasteiger partial charge in [-0.15, -0.1) is 0 Å². The first-order valence-electron chi connectivity index (χ1n) is 8.48. The molecule has 0 aromatic heterocycles. The third-order valence-corrected chi connectivity index (χ3v) is 4.95. The minimum atomic E-state index is 0.581. The molecule has 0 aromatic rings. The largest absolute Gasteiger partial charge is 0.378 e. The Morgan fingerprint density at radius 2 is 2.05 bits per heavy atom. The Hall–Kier alpha value is -0.120. The summed E-state index contributed by atoms with van der Waals surface area (Å²) >= 11 is 0. The predicted molar refractivity (Wildman–Crippen MR) is 78.4 cm³/mol. The van der Waals surface area contributed by atoms with E-state index in [9.17, 15) is 0 Å². The van der Waals surface area contributed by atoms with E-state index < -0.39 is 0 Å². The Balaban J connectivity index is 1.36. The zero-order chi connectivity index (χ0) is 12.9. The Labute approximate surface area is 118 Å². The molecular formula is C16H30N2O. The zero-order valence-corrected chi connectivity index (χ0v) is 12.3. The molecule has 1 saturated carbocycles. The van der Waals surface area contributed by atoms with Gasteiger partial charge in [0.2, 0.25) is 0 Å². The Morgan fingerprint density at radius 3 is 2.74 bits per heavy atom. The monoisotopic (exact) mass is 266 g/mol. The smallest absolute Gasteiger partial charge is 0.0576 e. The first kappa shape index (κ1) is 13.8. The molecule has 2 saturated heterocycles. The summed E-state index contributed by atoms with van der Waals surface area (Å²) in [5.41, 5.74) is 0. The van der Waals surface area contributed by atoms with Gasteiger partial charge in [0.15, 0.2) is 0 Å². The van der Waals surface area contributed by atoms with Crippen LogP contribution in [0.5, 0.6) is 0 Å². The second kappa shape index (κ2) is 7.05. The van der Waals surface area contributed by atoms with Crippen LogP contribution < -0.4 is 5.32 Å². The molecule has 2 heterocycles. The van der Waals surface area contributed by atoms with Crippen molar-refractivity contribution in [3.8, 4) is 0 Å². The van der Waals surface area contributed by atoms with Crippen molar-refractivity contribution in [3.05, 3.63) is 0 Å². The standard InChI is InChI=1S/C16H30N2O/c1-4-14(12-17-9-1)13-18(15-7-8-15)10-2-5-16-6-3-11-19-16/h14-17H,1-13H2. The molecule has 110 valence electrons. The SMILES string of the molecule is C1CNCC(CN(CCCC2CCCO2)C2CC2)C1. The van der Waals surface area contributed by atoms with Gasteiger partial charge in [0.25, 0.3) is 0 Å². The first-order valence-corrected chi connectivity index (χ1v) is 8.48. The summed E-state index contributed by atoms with van der Waals surface area (Å²) < 4.78 is 5.73. The van der Waals surface area contributed by atoms with Crippen LogP contribution in [0.1, 0.15) is 51.4 Å². The fourth-order valence-corrected chi connectivity index (χ4v) is 3.67. The highest BCUT2D eigenvalue weighted by Gasteiger charge is 2.30. The van der Waals surface area contributed by atoms with E-state index in [-0.39, 0.29) is 0 Å². The van der Waals surface area contributed by atoms with E-state index >= 15 is 0 Å². The quantitative estimate of drug-likeness (QED) is 0.766. The highest BCUT2D eigenvalue weighted by atomic mass is 16.5. The summed E-state index contributed by atoms with van der Waals surface area (Å²) in [7, 11) is 0. The van der Waals surface area contributed by atoms with Crippen LogP contribution in [0.15, 0.2) is 0 Å². The molecule has 3 aliphatic rings. The van der Waals surface area contributed by atoms with Crippen molar-refractivity contribution < 1.29 is 4.74 Å². The van der Waals surface area contributed by atoms with Crippen LogP contribution in [0.3, 0.4) is 0 Å². The van der Waals surface area contributed by atoms with E-state index in [2.05, 4.69) is 10.2 Å². The molecule has 0 aromatic carbocycles. The molecule has 3 nitrogen and oxygen atoms in total. The second-order valence-corrected chi connectivity index (χ2v) is 6.72. The molecule has 0 radical (unpaired) electrons. The number of hydrogen-bond acceptors (Lipinski definition) is 3. The number of rotatable bonds is 7. The summed E-state index contributed by atoms with van der Waals surface area (Å²) in [6, 6.07) is 0.923. The summed E-state index contributed by atoms with van der Waals surface area (Å²) in [5, 5.41) is 3.55. The third-order valence-electron chi connectivity index (χ3n) is 4.95. The molecule has 3 rings (SSSR count). The number of hydrogen-bond donors (Lipinski definition) is 1. The maximum absolute atomic E-state index is 5.73. The van der Waals surface area contributed by atoms with Gasteiger partial charge in [0, 0.05) is 19.2 Å². The van der Waals surface area contributed by atoms with Gasteiger partial charge in [0.1, 0.15) is 0 Å². The minimum Gasteiger partial charge on any atom is -0.378 e. The normalized spacial score (nSPS) is 32.1. The van der Waals surface area contributed by atoms with Crippen LogP contribution in [0.4, 0.5) is 0 Å². The van der Waals surface area contributed by atoms with E-state index in [1.165, 1.54) is 77.5 Å². The average Bonchev–Trinajstić information content (AvgIpc) is 3.16. The van der Waals surface area contributed by atoms with Crippen molar-refractivity contribution in [2.45, 2.75) is 63.5 Å². The molecule has 19 heavy (non-hydrogen) atoms. The average molecular weight is 266 g/mol. The van der Waals surface area contributed by atoms with Gasteiger partial charge in [-0.2, -0.15) is 0 Å². The molecule has 2 unspecified atom stereocenters. The maximum Gasteiger partial charge on any atom is 0.0576 e. The molecule has 1 aliphatic carbocycles. The van der Waals surface area contributed by atoms with Gasteiger partial charge in [-0.05, 0) is 76.9 Å². The Kier molecular flexibility index (Phi) is 5.14. The third kappa shape index (κ3) is 4.44. The predicted octanol–water partition coefficient (Wildman–Crippen LogP) is 2.41. The fraction of sp³-hybridized carbons (Fsp3) is 1.00. The molecular weight excluding hydrogens is 236 g/mol. The molecule has 3 fully saturated rings. The second-order valence-electron chi connectivity index (χ2n) is 6.72. The van der Waals surface area contributed by atoms with E-state index in [1.807, 2.05) is 0 Å². The maximum atomic E-state index is 5.73. The van der Waals surface area contributed by atoms with Crippen LogP contribution >= 0.6 is 0 Å². The van der Waals surface area contributed by atoms with Gasteiger partial charge >= 0.3 is 0 Å². The van der Waals surface area contributed by atoms with Crippen molar-refractivity contribution in [3.63, 3.8) is 0 Å². The first-order chi connectivity index (χ1) is 9.42. The summed E-state index contributed by atoms with van der Waals surface area (Å²) in [5.74, 6) is 0.900. The van der Waals surface area contributed by atoms with Crippen molar-refractivity contribution in [1.29, 1.82) is 0 Å². The topological polar surface area (TPSA) is 24.5 Å². The van der Waals surface area contributed by atoms with Gasteiger partial charge < -0.3 is 15.0 Å². The van der Waals surface area contributed by atoms with E-state index in [1.54, 1.807) is 0 Å². The Morgan fingerprint density at radius 1 is 1.11 bits per heavy atom. The van der Waals surface area contributed by atoms with Gasteiger partial charge in [-0.25, -0.2) is 0 Å². The van der Waals surface area contributed by atoms with Crippen LogP contribution in [0, 0.1) is 5.92 Å². The van der Waals surface area contributed by atoms with Gasteiger partial charge in [-0.3, -0.25) is 0 Å². The molecule has 0 spiro atoms. The number of nitrogens with one attached hydrogen (secondary N) is 1. The molecule has 3 heteroatoms.